The van der Waals surface area contributed by atoms with E-state index in [1.807, 2.05) is 27.7 Å². The molecule has 5 nitrogen and oxygen atoms in total. The van der Waals surface area contributed by atoms with Crippen molar-refractivity contribution in [2.24, 2.45) is 11.8 Å². The number of aliphatic hydroxyl groups is 4. The highest BCUT2D eigenvalue weighted by Crippen LogP contribution is 2.30. The molecule has 5 heteroatoms. The molecule has 5 unspecified atom stereocenters. The molecule has 0 aromatic heterocycles. The molecule has 0 aromatic carbocycles. The van der Waals surface area contributed by atoms with Crippen LogP contribution >= 0.6 is 0 Å². The van der Waals surface area contributed by atoms with Crippen molar-refractivity contribution in [3.05, 3.63) is 0 Å². The Labute approximate surface area is 96.7 Å². The Kier molecular flexibility index (Phi) is 7.10. The van der Waals surface area contributed by atoms with Gasteiger partial charge in [0.2, 0.25) is 0 Å². The van der Waals surface area contributed by atoms with Crippen molar-refractivity contribution in [3.8, 4) is 0 Å². The lowest BCUT2D eigenvalue weighted by Gasteiger charge is -2.42. The Hall–Kier alpha value is -0.200. The zero-order chi connectivity index (χ0) is 12.9. The monoisotopic (exact) mass is 236 g/mol. The predicted octanol–water partition coefficient (Wildman–Crippen LogP) is -0.284. The molecule has 0 saturated carbocycles. The summed E-state index contributed by atoms with van der Waals surface area (Å²) in [5.41, 5.74) is 0. The Balaban J connectivity index is 0.00000106. The molecule has 1 fully saturated rings. The lowest BCUT2D eigenvalue weighted by Crippen LogP contribution is -2.56. The van der Waals surface area contributed by atoms with Crippen LogP contribution in [0.1, 0.15) is 27.7 Å². The van der Waals surface area contributed by atoms with Gasteiger partial charge in [-0.1, -0.05) is 27.7 Å². The van der Waals surface area contributed by atoms with Gasteiger partial charge in [0.1, 0.15) is 6.10 Å². The van der Waals surface area contributed by atoms with Crippen LogP contribution in [0.5, 0.6) is 0 Å². The molecule has 1 saturated heterocycles. The predicted molar refractivity (Wildman–Crippen MR) is 59.7 cm³/mol. The number of rotatable bonds is 2. The van der Waals surface area contributed by atoms with Gasteiger partial charge in [0.05, 0.1) is 18.8 Å². The van der Waals surface area contributed by atoms with Gasteiger partial charge < -0.3 is 25.2 Å². The van der Waals surface area contributed by atoms with Crippen molar-refractivity contribution in [3.63, 3.8) is 0 Å². The lowest BCUT2D eigenvalue weighted by molar-refractivity contribution is -0.279. The van der Waals surface area contributed by atoms with Crippen molar-refractivity contribution in [2.75, 3.05) is 6.61 Å². The lowest BCUT2D eigenvalue weighted by atomic mass is 9.81. The highest BCUT2D eigenvalue weighted by Gasteiger charge is 2.44. The van der Waals surface area contributed by atoms with Crippen LogP contribution in [0, 0.1) is 11.8 Å². The third-order valence-corrected chi connectivity index (χ3v) is 2.73. The van der Waals surface area contributed by atoms with Gasteiger partial charge in [-0.15, -0.1) is 0 Å². The van der Waals surface area contributed by atoms with E-state index in [1.165, 1.54) is 0 Å². The minimum absolute atomic E-state index is 0.0595. The number of hydrogen-bond donors (Lipinski definition) is 4. The third-order valence-electron chi connectivity index (χ3n) is 2.73. The fraction of sp³-hybridized carbons (Fsp3) is 1.00. The van der Waals surface area contributed by atoms with Crippen LogP contribution in [0.4, 0.5) is 0 Å². The second-order valence-electron chi connectivity index (χ2n) is 4.05. The van der Waals surface area contributed by atoms with E-state index in [0.29, 0.717) is 0 Å². The molecule has 1 aliphatic heterocycles. The summed E-state index contributed by atoms with van der Waals surface area (Å²) in [5, 5.41) is 37.3. The molecule has 0 spiro atoms. The van der Waals surface area contributed by atoms with Gasteiger partial charge in [0.15, 0.2) is 6.29 Å². The summed E-state index contributed by atoms with van der Waals surface area (Å²) in [4.78, 5) is 0. The van der Waals surface area contributed by atoms with Crippen molar-refractivity contribution in [1.82, 2.24) is 0 Å². The second kappa shape index (κ2) is 7.19. The molecule has 4 N–H and O–H groups in total. The van der Waals surface area contributed by atoms with Crippen molar-refractivity contribution in [1.29, 1.82) is 0 Å². The summed E-state index contributed by atoms with van der Waals surface area (Å²) < 4.78 is 4.99. The van der Waals surface area contributed by atoms with Gasteiger partial charge >= 0.3 is 0 Å². The summed E-state index contributed by atoms with van der Waals surface area (Å²) in [6.45, 7) is 7.46. The Morgan fingerprint density at radius 2 is 1.56 bits per heavy atom. The van der Waals surface area contributed by atoms with Gasteiger partial charge in [-0.05, 0) is 5.92 Å². The number of ether oxygens (including phenoxy) is 1. The molecular weight excluding hydrogens is 212 g/mol. The molecule has 1 heterocycles. The molecule has 1 aliphatic rings. The summed E-state index contributed by atoms with van der Waals surface area (Å²) in [6.07, 6.45) is -4.40. The van der Waals surface area contributed by atoms with Crippen LogP contribution in [0.3, 0.4) is 0 Å². The molecule has 1 rings (SSSR count). The van der Waals surface area contributed by atoms with E-state index in [2.05, 4.69) is 0 Å². The standard InChI is InChI=1S/C9H18O5.C2H6/c1-4(2)6-5(3-10)14-9(13)8(12)7(6)11;1-2/h4-13H,3H2,1-2H3;1-2H3. The van der Waals surface area contributed by atoms with Crippen LogP contribution in [-0.4, -0.2) is 51.6 Å². The number of aliphatic hydroxyl groups excluding tert-OH is 4. The zero-order valence-electron chi connectivity index (χ0n) is 10.4. The van der Waals surface area contributed by atoms with Crippen LogP contribution in [0.2, 0.25) is 0 Å². The van der Waals surface area contributed by atoms with Gasteiger partial charge in [0, 0.05) is 5.92 Å². The maximum absolute atomic E-state index is 9.68. The molecule has 0 radical (unpaired) electrons. The topological polar surface area (TPSA) is 90.2 Å². The molecule has 98 valence electrons. The Morgan fingerprint density at radius 1 is 1.06 bits per heavy atom. The average Bonchev–Trinajstić information content (AvgIpc) is 2.27. The van der Waals surface area contributed by atoms with Crippen molar-refractivity contribution in [2.45, 2.75) is 52.3 Å². The Bertz CT molecular complexity index is 183. The molecule has 16 heavy (non-hydrogen) atoms. The van der Waals surface area contributed by atoms with E-state index in [0.717, 1.165) is 0 Å². The SMILES string of the molecule is CC.CC(C)C1C(CO)OC(O)C(O)C1O. The molecule has 0 amide bonds. The fourth-order valence-electron chi connectivity index (χ4n) is 1.95. The first-order valence-electron chi connectivity index (χ1n) is 5.79. The van der Waals surface area contributed by atoms with Gasteiger partial charge in [-0.25, -0.2) is 0 Å². The van der Waals surface area contributed by atoms with E-state index >= 15 is 0 Å². The fourth-order valence-corrected chi connectivity index (χ4v) is 1.95. The molecule has 0 bridgehead atoms. The highest BCUT2D eigenvalue weighted by atomic mass is 16.6. The summed E-state index contributed by atoms with van der Waals surface area (Å²) in [5.74, 6) is -0.303. The smallest absolute Gasteiger partial charge is 0.183 e. The largest absolute Gasteiger partial charge is 0.394 e. The maximum Gasteiger partial charge on any atom is 0.183 e. The van der Waals surface area contributed by atoms with Crippen LogP contribution in [0.25, 0.3) is 0 Å². The van der Waals surface area contributed by atoms with E-state index in [1.54, 1.807) is 0 Å². The second-order valence-corrected chi connectivity index (χ2v) is 4.05. The normalized spacial score (nSPS) is 39.2. The quantitative estimate of drug-likeness (QED) is 0.529. The van der Waals surface area contributed by atoms with E-state index in [4.69, 9.17) is 9.84 Å². The van der Waals surface area contributed by atoms with Gasteiger partial charge in [0.25, 0.3) is 0 Å². The third kappa shape index (κ3) is 3.40. The first-order chi connectivity index (χ1) is 7.49. The summed E-state index contributed by atoms with van der Waals surface area (Å²) >= 11 is 0. The van der Waals surface area contributed by atoms with E-state index < -0.39 is 24.6 Å². The average molecular weight is 236 g/mol. The van der Waals surface area contributed by atoms with E-state index in [9.17, 15) is 15.3 Å². The van der Waals surface area contributed by atoms with Crippen molar-refractivity contribution >= 4 is 0 Å². The van der Waals surface area contributed by atoms with Crippen LogP contribution in [0.15, 0.2) is 0 Å². The van der Waals surface area contributed by atoms with Gasteiger partial charge in [-0.2, -0.15) is 0 Å². The zero-order valence-corrected chi connectivity index (χ0v) is 10.4. The summed E-state index contributed by atoms with van der Waals surface area (Å²) in [7, 11) is 0. The molecular formula is C11H24O5. The van der Waals surface area contributed by atoms with Crippen molar-refractivity contribution < 1.29 is 25.2 Å². The summed E-state index contributed by atoms with van der Waals surface area (Å²) in [6, 6.07) is 0. The van der Waals surface area contributed by atoms with Crippen LogP contribution < -0.4 is 0 Å². The maximum atomic E-state index is 9.68. The molecule has 5 atom stereocenters. The first-order valence-corrected chi connectivity index (χ1v) is 5.79. The molecule has 0 aromatic rings. The molecule has 0 aliphatic carbocycles. The Morgan fingerprint density at radius 3 is 1.94 bits per heavy atom. The minimum atomic E-state index is -1.42. The van der Waals surface area contributed by atoms with E-state index in [-0.39, 0.29) is 18.4 Å². The first kappa shape index (κ1) is 15.8. The van der Waals surface area contributed by atoms with Crippen LogP contribution in [-0.2, 0) is 4.74 Å². The van der Waals surface area contributed by atoms with Gasteiger partial charge in [-0.3, -0.25) is 0 Å². The minimum Gasteiger partial charge on any atom is -0.394 e. The number of hydrogen-bond acceptors (Lipinski definition) is 5. The highest BCUT2D eigenvalue weighted by molar-refractivity contribution is 4.89.